The van der Waals surface area contributed by atoms with E-state index < -0.39 is 0 Å². The SMILES string of the molecule is CCOC1CC(Nc2cccc(O)c2)C12CCCCC2. The molecule has 1 aromatic carbocycles. The maximum atomic E-state index is 9.59. The Morgan fingerprint density at radius 2 is 2.10 bits per heavy atom. The average molecular weight is 275 g/mol. The Labute approximate surface area is 121 Å². The largest absolute Gasteiger partial charge is 0.508 e. The highest BCUT2D eigenvalue weighted by Crippen LogP contribution is 2.54. The molecule has 0 aliphatic heterocycles. The number of benzene rings is 1. The zero-order valence-electron chi connectivity index (χ0n) is 12.3. The van der Waals surface area contributed by atoms with Crippen molar-refractivity contribution in [1.82, 2.24) is 0 Å². The van der Waals surface area contributed by atoms with Crippen molar-refractivity contribution in [2.24, 2.45) is 5.41 Å². The van der Waals surface area contributed by atoms with Crippen LogP contribution in [-0.4, -0.2) is 23.9 Å². The van der Waals surface area contributed by atoms with Gasteiger partial charge in [-0.1, -0.05) is 25.3 Å². The molecule has 0 saturated heterocycles. The van der Waals surface area contributed by atoms with E-state index in [2.05, 4.69) is 12.2 Å². The minimum Gasteiger partial charge on any atom is -0.508 e. The normalized spacial score (nSPS) is 28.1. The first-order chi connectivity index (χ1) is 9.74. The van der Waals surface area contributed by atoms with E-state index in [1.54, 1.807) is 6.07 Å². The van der Waals surface area contributed by atoms with Gasteiger partial charge in [-0.15, -0.1) is 0 Å². The lowest BCUT2D eigenvalue weighted by Gasteiger charge is -2.58. The highest BCUT2D eigenvalue weighted by atomic mass is 16.5. The molecule has 2 aliphatic carbocycles. The summed E-state index contributed by atoms with van der Waals surface area (Å²) in [5.41, 5.74) is 1.34. The molecule has 2 atom stereocenters. The highest BCUT2D eigenvalue weighted by molar-refractivity contribution is 5.49. The quantitative estimate of drug-likeness (QED) is 0.874. The van der Waals surface area contributed by atoms with Gasteiger partial charge in [-0.25, -0.2) is 0 Å². The lowest BCUT2D eigenvalue weighted by Crippen LogP contribution is -2.62. The maximum absolute atomic E-state index is 9.59. The van der Waals surface area contributed by atoms with Gasteiger partial charge in [0.05, 0.1) is 6.10 Å². The molecule has 1 spiro atoms. The van der Waals surface area contributed by atoms with Gasteiger partial charge in [0.15, 0.2) is 0 Å². The van der Waals surface area contributed by atoms with Crippen LogP contribution in [0.5, 0.6) is 5.75 Å². The van der Waals surface area contributed by atoms with Crippen LogP contribution in [0.3, 0.4) is 0 Å². The van der Waals surface area contributed by atoms with E-state index in [0.717, 1.165) is 18.7 Å². The van der Waals surface area contributed by atoms with Gasteiger partial charge in [0.25, 0.3) is 0 Å². The summed E-state index contributed by atoms with van der Waals surface area (Å²) in [7, 11) is 0. The zero-order chi connectivity index (χ0) is 14.0. The number of ether oxygens (including phenoxy) is 1. The molecule has 1 aromatic rings. The molecular weight excluding hydrogens is 250 g/mol. The summed E-state index contributed by atoms with van der Waals surface area (Å²) in [6.45, 7) is 2.90. The van der Waals surface area contributed by atoms with E-state index >= 15 is 0 Å². The van der Waals surface area contributed by atoms with Crippen LogP contribution >= 0.6 is 0 Å². The Bertz CT molecular complexity index is 454. The fraction of sp³-hybridized carbons (Fsp3) is 0.647. The van der Waals surface area contributed by atoms with Crippen LogP contribution in [0.2, 0.25) is 0 Å². The predicted octanol–water partition coefficient (Wildman–Crippen LogP) is 3.93. The van der Waals surface area contributed by atoms with Crippen LogP contribution in [0, 0.1) is 5.41 Å². The number of nitrogens with one attached hydrogen (secondary N) is 1. The summed E-state index contributed by atoms with van der Waals surface area (Å²) in [5.74, 6) is 0.327. The number of rotatable bonds is 4. The van der Waals surface area contributed by atoms with Crippen molar-refractivity contribution in [2.45, 2.75) is 57.6 Å². The molecule has 2 fully saturated rings. The lowest BCUT2D eigenvalue weighted by atomic mass is 9.55. The first kappa shape index (κ1) is 13.7. The molecule has 0 aromatic heterocycles. The van der Waals surface area contributed by atoms with Crippen LogP contribution in [0.25, 0.3) is 0 Å². The van der Waals surface area contributed by atoms with E-state index in [0.29, 0.717) is 23.3 Å². The lowest BCUT2D eigenvalue weighted by molar-refractivity contribution is -0.134. The van der Waals surface area contributed by atoms with Crippen molar-refractivity contribution in [1.29, 1.82) is 0 Å². The van der Waals surface area contributed by atoms with E-state index in [-0.39, 0.29) is 0 Å². The van der Waals surface area contributed by atoms with Gasteiger partial charge in [0.1, 0.15) is 5.75 Å². The standard InChI is InChI=1S/C17H25NO2/c1-2-20-16-12-15(17(16)9-4-3-5-10-17)18-13-7-6-8-14(19)11-13/h6-8,11,15-16,18-19H,2-5,9-10,12H2,1H3. The van der Waals surface area contributed by atoms with Gasteiger partial charge in [-0.05, 0) is 38.3 Å². The topological polar surface area (TPSA) is 41.5 Å². The second-order valence-electron chi connectivity index (χ2n) is 6.22. The molecule has 3 nitrogen and oxygen atoms in total. The fourth-order valence-corrected chi connectivity index (χ4v) is 4.06. The van der Waals surface area contributed by atoms with Crippen molar-refractivity contribution in [2.75, 3.05) is 11.9 Å². The van der Waals surface area contributed by atoms with Crippen molar-refractivity contribution in [3.05, 3.63) is 24.3 Å². The van der Waals surface area contributed by atoms with Crippen molar-refractivity contribution >= 4 is 5.69 Å². The van der Waals surface area contributed by atoms with Crippen LogP contribution in [0.15, 0.2) is 24.3 Å². The third kappa shape index (κ3) is 2.39. The van der Waals surface area contributed by atoms with Crippen molar-refractivity contribution < 1.29 is 9.84 Å². The van der Waals surface area contributed by atoms with E-state index in [1.165, 1.54) is 32.1 Å². The van der Waals surface area contributed by atoms with Crippen molar-refractivity contribution in [3.63, 3.8) is 0 Å². The third-order valence-corrected chi connectivity index (χ3v) is 5.12. The Balaban J connectivity index is 1.73. The Hall–Kier alpha value is -1.22. The summed E-state index contributed by atoms with van der Waals surface area (Å²) in [4.78, 5) is 0. The number of aromatic hydroxyl groups is 1. The Kier molecular flexibility index (Phi) is 3.88. The third-order valence-electron chi connectivity index (χ3n) is 5.12. The summed E-state index contributed by atoms with van der Waals surface area (Å²) >= 11 is 0. The van der Waals surface area contributed by atoms with Gasteiger partial charge < -0.3 is 15.2 Å². The predicted molar refractivity (Wildman–Crippen MR) is 81.1 cm³/mol. The molecule has 0 radical (unpaired) electrons. The van der Waals surface area contributed by atoms with Crippen LogP contribution in [0.4, 0.5) is 5.69 Å². The van der Waals surface area contributed by atoms with E-state index in [4.69, 9.17) is 4.74 Å². The number of phenolic OH excluding ortho intramolecular Hbond substituents is 1. The fourth-order valence-electron chi connectivity index (χ4n) is 4.06. The van der Waals surface area contributed by atoms with Crippen LogP contribution < -0.4 is 5.32 Å². The van der Waals surface area contributed by atoms with Gasteiger partial charge in [0.2, 0.25) is 0 Å². The summed E-state index contributed by atoms with van der Waals surface area (Å²) < 4.78 is 5.97. The Morgan fingerprint density at radius 1 is 1.30 bits per heavy atom. The van der Waals surface area contributed by atoms with Gasteiger partial charge in [-0.2, -0.15) is 0 Å². The Morgan fingerprint density at radius 3 is 2.80 bits per heavy atom. The van der Waals surface area contributed by atoms with Crippen LogP contribution in [0.1, 0.15) is 45.4 Å². The number of anilines is 1. The molecule has 3 rings (SSSR count). The molecule has 3 heteroatoms. The molecule has 2 saturated carbocycles. The first-order valence-corrected chi connectivity index (χ1v) is 7.92. The summed E-state index contributed by atoms with van der Waals surface area (Å²) in [6, 6.07) is 7.94. The molecular formula is C17H25NO2. The summed E-state index contributed by atoms with van der Waals surface area (Å²) in [6.07, 6.45) is 8.05. The second-order valence-corrected chi connectivity index (χ2v) is 6.22. The minimum atomic E-state index is 0.319. The molecule has 110 valence electrons. The zero-order valence-corrected chi connectivity index (χ0v) is 12.3. The molecule has 0 amide bonds. The van der Waals surface area contributed by atoms with Gasteiger partial charge >= 0.3 is 0 Å². The molecule has 2 aliphatic rings. The molecule has 20 heavy (non-hydrogen) atoms. The molecule has 0 bridgehead atoms. The van der Waals surface area contributed by atoms with E-state index in [1.807, 2.05) is 18.2 Å². The highest BCUT2D eigenvalue weighted by Gasteiger charge is 2.55. The second kappa shape index (κ2) is 5.65. The molecule has 2 unspecified atom stereocenters. The number of hydrogen-bond donors (Lipinski definition) is 2. The van der Waals surface area contributed by atoms with Gasteiger partial charge in [0, 0.05) is 29.8 Å². The maximum Gasteiger partial charge on any atom is 0.117 e. The molecule has 2 N–H and O–H groups in total. The first-order valence-electron chi connectivity index (χ1n) is 7.92. The minimum absolute atomic E-state index is 0.319. The summed E-state index contributed by atoms with van der Waals surface area (Å²) in [5, 5.41) is 13.2. The van der Waals surface area contributed by atoms with Gasteiger partial charge in [-0.3, -0.25) is 0 Å². The van der Waals surface area contributed by atoms with Crippen molar-refractivity contribution in [3.8, 4) is 5.75 Å². The average Bonchev–Trinajstić information content (AvgIpc) is 2.47. The van der Waals surface area contributed by atoms with E-state index in [9.17, 15) is 5.11 Å². The smallest absolute Gasteiger partial charge is 0.117 e. The van der Waals surface area contributed by atoms with Crippen LogP contribution in [-0.2, 0) is 4.74 Å². The molecule has 0 heterocycles. The number of phenols is 1. The monoisotopic (exact) mass is 275 g/mol. The number of hydrogen-bond acceptors (Lipinski definition) is 3.